The fourth-order valence-corrected chi connectivity index (χ4v) is 2.94. The van der Waals surface area contributed by atoms with Crippen molar-refractivity contribution in [1.82, 2.24) is 15.3 Å². The lowest BCUT2D eigenvalue weighted by Crippen LogP contribution is -2.43. The van der Waals surface area contributed by atoms with E-state index in [9.17, 15) is 4.79 Å². The quantitative estimate of drug-likeness (QED) is 0.742. The summed E-state index contributed by atoms with van der Waals surface area (Å²) >= 11 is 0. The highest BCUT2D eigenvalue weighted by atomic mass is 16.4. The maximum Gasteiger partial charge on any atom is 0.298 e. The van der Waals surface area contributed by atoms with Crippen LogP contribution >= 0.6 is 0 Å². The fraction of sp³-hybridized carbons (Fsp3) is 0.250. The molecule has 3 heterocycles. The molecule has 4 rings (SSSR count). The molecule has 7 heteroatoms. The van der Waals surface area contributed by atoms with Gasteiger partial charge in [0.05, 0.1) is 11.9 Å². The number of hydrogen-bond acceptors (Lipinski definition) is 6. The van der Waals surface area contributed by atoms with Gasteiger partial charge in [-0.3, -0.25) is 4.79 Å². The summed E-state index contributed by atoms with van der Waals surface area (Å²) in [5.74, 6) is 0.279. The molecule has 0 saturated carbocycles. The van der Waals surface area contributed by atoms with Gasteiger partial charge in [0.25, 0.3) is 11.9 Å². The normalized spacial score (nSPS) is 14.2. The number of nitrogens with zero attached hydrogens (tertiary/aromatic N) is 3. The molecule has 0 radical (unpaired) electrons. The molecule has 0 spiro atoms. The van der Waals surface area contributed by atoms with Crippen molar-refractivity contribution >= 4 is 17.7 Å². The topological polar surface area (TPSA) is 83.3 Å². The molecule has 1 amide bonds. The van der Waals surface area contributed by atoms with E-state index in [1.807, 2.05) is 48.2 Å². The third-order valence-corrected chi connectivity index (χ3v) is 4.44. The van der Waals surface area contributed by atoms with Gasteiger partial charge in [-0.2, -0.15) is 0 Å². The number of pyridine rings is 1. The molecule has 0 bridgehead atoms. The Morgan fingerprint density at radius 1 is 1.15 bits per heavy atom. The van der Waals surface area contributed by atoms with Crippen LogP contribution in [0.25, 0.3) is 11.3 Å². The third-order valence-electron chi connectivity index (χ3n) is 4.44. The van der Waals surface area contributed by atoms with E-state index in [1.165, 1.54) is 11.8 Å². The number of carbonyl (C=O) groups is 1. The molecule has 1 aliphatic rings. The Bertz CT molecular complexity index is 930. The first kappa shape index (κ1) is 17.2. The van der Waals surface area contributed by atoms with Gasteiger partial charge in [-0.1, -0.05) is 35.9 Å². The summed E-state index contributed by atoms with van der Waals surface area (Å²) in [7, 11) is 0. The minimum atomic E-state index is -0.363. The highest BCUT2D eigenvalue weighted by molar-refractivity contribution is 6.01. The highest BCUT2D eigenvalue weighted by Crippen LogP contribution is 2.20. The second kappa shape index (κ2) is 7.59. The predicted octanol–water partition coefficient (Wildman–Crippen LogP) is 2.71. The number of hydrogen-bond donors (Lipinski definition) is 2. The van der Waals surface area contributed by atoms with E-state index in [0.29, 0.717) is 11.8 Å². The number of piperazine rings is 1. The van der Waals surface area contributed by atoms with Crippen molar-refractivity contribution in [2.45, 2.75) is 6.92 Å². The van der Waals surface area contributed by atoms with Gasteiger partial charge in [0, 0.05) is 31.7 Å². The van der Waals surface area contributed by atoms with Crippen molar-refractivity contribution in [2.75, 3.05) is 36.4 Å². The summed E-state index contributed by atoms with van der Waals surface area (Å²) < 4.78 is 5.63. The van der Waals surface area contributed by atoms with Crippen molar-refractivity contribution in [3.63, 3.8) is 0 Å². The van der Waals surface area contributed by atoms with Gasteiger partial charge in [0.2, 0.25) is 5.76 Å². The second-order valence-electron chi connectivity index (χ2n) is 6.47. The average Bonchev–Trinajstić information content (AvgIpc) is 3.20. The summed E-state index contributed by atoms with van der Waals surface area (Å²) in [5.41, 5.74) is 2.98. The molecule has 7 nitrogen and oxygen atoms in total. The Labute approximate surface area is 157 Å². The van der Waals surface area contributed by atoms with Crippen LogP contribution in [0, 0.1) is 6.92 Å². The molecule has 2 N–H and O–H groups in total. The number of oxazole rings is 1. The van der Waals surface area contributed by atoms with Crippen LogP contribution < -0.4 is 15.5 Å². The van der Waals surface area contributed by atoms with Crippen molar-refractivity contribution in [3.05, 3.63) is 60.0 Å². The molecule has 2 aromatic heterocycles. The van der Waals surface area contributed by atoms with Crippen LogP contribution in [0.3, 0.4) is 0 Å². The Morgan fingerprint density at radius 3 is 2.70 bits per heavy atom. The number of carbonyl (C=O) groups excluding carboxylic acids is 1. The first-order valence-electron chi connectivity index (χ1n) is 8.96. The zero-order valence-electron chi connectivity index (χ0n) is 15.1. The molecule has 1 aliphatic heterocycles. The Morgan fingerprint density at radius 2 is 1.93 bits per heavy atom. The van der Waals surface area contributed by atoms with Crippen LogP contribution in [-0.4, -0.2) is 42.1 Å². The van der Waals surface area contributed by atoms with Crippen LogP contribution in [0.5, 0.6) is 0 Å². The zero-order chi connectivity index (χ0) is 18.6. The van der Waals surface area contributed by atoms with Gasteiger partial charge < -0.3 is 20.0 Å². The number of anilines is 2. The van der Waals surface area contributed by atoms with E-state index in [4.69, 9.17) is 4.42 Å². The summed E-state index contributed by atoms with van der Waals surface area (Å²) in [5, 5.41) is 6.05. The Kier molecular flexibility index (Phi) is 4.84. The average molecular weight is 363 g/mol. The summed E-state index contributed by atoms with van der Waals surface area (Å²) in [6.45, 7) is 5.41. The van der Waals surface area contributed by atoms with Crippen LogP contribution in [0.4, 0.5) is 11.8 Å². The first-order chi connectivity index (χ1) is 13.2. The first-order valence-corrected chi connectivity index (χ1v) is 8.96. The standard InChI is InChI=1S/C20H21N5O2/c1-14-5-7-15(8-6-14)16-3-2-4-18(23-16)24-19(26)17-13-22-20(27-17)25-11-9-21-10-12-25/h2-8,13,21H,9-12H2,1H3,(H,23,24,26). The van der Waals surface area contributed by atoms with E-state index >= 15 is 0 Å². The molecule has 27 heavy (non-hydrogen) atoms. The lowest BCUT2D eigenvalue weighted by Gasteiger charge is -2.25. The number of amides is 1. The molecular weight excluding hydrogens is 342 g/mol. The zero-order valence-corrected chi connectivity index (χ0v) is 15.1. The van der Waals surface area contributed by atoms with Gasteiger partial charge in [-0.25, -0.2) is 9.97 Å². The smallest absolute Gasteiger partial charge is 0.298 e. The van der Waals surface area contributed by atoms with Crippen molar-refractivity contribution in [2.24, 2.45) is 0 Å². The monoisotopic (exact) mass is 363 g/mol. The lowest BCUT2D eigenvalue weighted by molar-refractivity contribution is 0.0996. The molecule has 1 fully saturated rings. The van der Waals surface area contributed by atoms with Gasteiger partial charge in [-0.05, 0) is 19.1 Å². The molecular formula is C20H21N5O2. The van der Waals surface area contributed by atoms with Crippen molar-refractivity contribution in [1.29, 1.82) is 0 Å². The van der Waals surface area contributed by atoms with Gasteiger partial charge in [0.1, 0.15) is 5.82 Å². The lowest BCUT2D eigenvalue weighted by atomic mass is 10.1. The number of aromatic nitrogens is 2. The maximum atomic E-state index is 12.5. The van der Waals surface area contributed by atoms with Gasteiger partial charge in [-0.15, -0.1) is 0 Å². The molecule has 0 aliphatic carbocycles. The highest BCUT2D eigenvalue weighted by Gasteiger charge is 2.19. The Balaban J connectivity index is 1.47. The number of nitrogens with one attached hydrogen (secondary N) is 2. The summed E-state index contributed by atoms with van der Waals surface area (Å²) in [6.07, 6.45) is 1.45. The largest absolute Gasteiger partial charge is 0.418 e. The van der Waals surface area contributed by atoms with Crippen LogP contribution in [0.15, 0.2) is 53.1 Å². The van der Waals surface area contributed by atoms with Crippen molar-refractivity contribution in [3.8, 4) is 11.3 Å². The predicted molar refractivity (Wildman–Crippen MR) is 104 cm³/mol. The molecule has 1 aromatic carbocycles. The molecule has 0 atom stereocenters. The van der Waals surface area contributed by atoms with Crippen molar-refractivity contribution < 1.29 is 9.21 Å². The molecule has 0 unspecified atom stereocenters. The minimum Gasteiger partial charge on any atom is -0.418 e. The number of rotatable bonds is 4. The van der Waals surface area contributed by atoms with Crippen LogP contribution in [0.2, 0.25) is 0 Å². The minimum absolute atomic E-state index is 0.172. The third kappa shape index (κ3) is 3.98. The summed E-state index contributed by atoms with van der Waals surface area (Å²) in [6, 6.07) is 14.1. The van der Waals surface area contributed by atoms with E-state index in [0.717, 1.165) is 37.4 Å². The SMILES string of the molecule is Cc1ccc(-c2cccc(NC(=O)c3cnc(N4CCNCC4)o3)n2)cc1. The van der Waals surface area contributed by atoms with Crippen LogP contribution in [-0.2, 0) is 0 Å². The van der Waals surface area contributed by atoms with Gasteiger partial charge in [0.15, 0.2) is 0 Å². The van der Waals surface area contributed by atoms with Gasteiger partial charge >= 0.3 is 0 Å². The number of benzene rings is 1. The molecule has 1 saturated heterocycles. The summed E-state index contributed by atoms with van der Waals surface area (Å²) in [4.78, 5) is 23.3. The van der Waals surface area contributed by atoms with Crippen LogP contribution in [0.1, 0.15) is 16.1 Å². The number of aryl methyl sites for hydroxylation is 1. The Hall–Kier alpha value is -3.19. The maximum absolute atomic E-state index is 12.5. The van der Waals surface area contributed by atoms with E-state index in [2.05, 4.69) is 20.6 Å². The molecule has 138 valence electrons. The van der Waals surface area contributed by atoms with E-state index in [1.54, 1.807) is 6.07 Å². The van der Waals surface area contributed by atoms with E-state index < -0.39 is 0 Å². The fourth-order valence-electron chi connectivity index (χ4n) is 2.94. The van der Waals surface area contributed by atoms with E-state index in [-0.39, 0.29) is 11.7 Å². The molecule has 3 aromatic rings. The second-order valence-corrected chi connectivity index (χ2v) is 6.47.